The first-order chi connectivity index (χ1) is 8.04. The van der Waals surface area contributed by atoms with Gasteiger partial charge in [-0.05, 0) is 41.1 Å². The first kappa shape index (κ1) is 14.0. The monoisotopic (exact) mass is 303 g/mol. The molecule has 0 saturated carbocycles. The van der Waals surface area contributed by atoms with Crippen LogP contribution in [-0.2, 0) is 9.53 Å². The number of carbonyl (C=O) groups is 1. The molecule has 0 radical (unpaired) electrons. The summed E-state index contributed by atoms with van der Waals surface area (Å²) < 4.78 is 18.3. The van der Waals surface area contributed by atoms with Crippen molar-refractivity contribution >= 4 is 27.6 Å². The van der Waals surface area contributed by atoms with Crippen LogP contribution in [-0.4, -0.2) is 19.1 Å². The van der Waals surface area contributed by atoms with Gasteiger partial charge in [-0.2, -0.15) is 0 Å². The average molecular weight is 304 g/mol. The molecular formula is C12H15BrFNO2. The first-order valence-electron chi connectivity index (χ1n) is 5.40. The van der Waals surface area contributed by atoms with Crippen LogP contribution in [0.2, 0.25) is 0 Å². The van der Waals surface area contributed by atoms with E-state index in [2.05, 4.69) is 21.2 Å². The molecule has 0 bridgehead atoms. The SMILES string of the molecule is CCOC(=O)C(C)CNc1ccc(F)c(Br)c1. The molecule has 0 amide bonds. The van der Waals surface area contributed by atoms with E-state index in [0.29, 0.717) is 17.6 Å². The lowest BCUT2D eigenvalue weighted by Crippen LogP contribution is -2.22. The van der Waals surface area contributed by atoms with E-state index in [-0.39, 0.29) is 17.7 Å². The molecule has 1 N–H and O–H groups in total. The zero-order chi connectivity index (χ0) is 12.8. The lowest BCUT2D eigenvalue weighted by Gasteiger charge is -2.12. The fourth-order valence-corrected chi connectivity index (χ4v) is 1.62. The molecule has 3 nitrogen and oxygen atoms in total. The van der Waals surface area contributed by atoms with Crippen LogP contribution in [0, 0.1) is 11.7 Å². The van der Waals surface area contributed by atoms with Crippen LogP contribution in [0.4, 0.5) is 10.1 Å². The lowest BCUT2D eigenvalue weighted by atomic mass is 10.2. The molecule has 1 rings (SSSR count). The Balaban J connectivity index is 2.50. The molecule has 0 aliphatic heterocycles. The third-order valence-electron chi connectivity index (χ3n) is 2.22. The minimum atomic E-state index is -0.311. The average Bonchev–Trinajstić information content (AvgIpc) is 2.30. The molecule has 0 fully saturated rings. The third-order valence-corrected chi connectivity index (χ3v) is 2.83. The third kappa shape index (κ3) is 4.34. The van der Waals surface area contributed by atoms with Gasteiger partial charge in [0.05, 0.1) is 17.0 Å². The van der Waals surface area contributed by atoms with E-state index >= 15 is 0 Å². The van der Waals surface area contributed by atoms with Gasteiger partial charge in [-0.1, -0.05) is 6.92 Å². The molecule has 0 saturated heterocycles. The number of carbonyl (C=O) groups excluding carboxylic acids is 1. The second-order valence-corrected chi connectivity index (χ2v) is 4.52. The molecule has 17 heavy (non-hydrogen) atoms. The number of hydrogen-bond donors (Lipinski definition) is 1. The predicted octanol–water partition coefficient (Wildman–Crippen LogP) is 3.20. The normalized spacial score (nSPS) is 12.0. The van der Waals surface area contributed by atoms with Crippen LogP contribution >= 0.6 is 15.9 Å². The minimum Gasteiger partial charge on any atom is -0.466 e. The molecule has 0 spiro atoms. The first-order valence-corrected chi connectivity index (χ1v) is 6.19. The van der Waals surface area contributed by atoms with Crippen LogP contribution in [0.5, 0.6) is 0 Å². The molecular weight excluding hydrogens is 289 g/mol. The maximum atomic E-state index is 13.0. The number of halogens is 2. The van der Waals surface area contributed by atoms with Crippen molar-refractivity contribution in [2.45, 2.75) is 13.8 Å². The standard InChI is InChI=1S/C12H15BrFNO2/c1-3-17-12(16)8(2)7-15-9-4-5-11(14)10(13)6-9/h4-6,8,15H,3,7H2,1-2H3. The van der Waals surface area contributed by atoms with Crippen LogP contribution in [0.15, 0.2) is 22.7 Å². The Morgan fingerprint density at radius 1 is 1.59 bits per heavy atom. The van der Waals surface area contributed by atoms with E-state index in [9.17, 15) is 9.18 Å². The second kappa shape index (κ2) is 6.59. The summed E-state index contributed by atoms with van der Waals surface area (Å²) in [5, 5.41) is 3.05. The number of anilines is 1. The van der Waals surface area contributed by atoms with E-state index in [1.165, 1.54) is 6.07 Å². The van der Waals surface area contributed by atoms with E-state index < -0.39 is 0 Å². The number of nitrogens with one attached hydrogen (secondary N) is 1. The summed E-state index contributed by atoms with van der Waals surface area (Å²) in [5.74, 6) is -0.783. The summed E-state index contributed by atoms with van der Waals surface area (Å²) >= 11 is 3.10. The number of hydrogen-bond acceptors (Lipinski definition) is 3. The van der Waals surface area contributed by atoms with E-state index in [0.717, 1.165) is 5.69 Å². The summed E-state index contributed by atoms with van der Waals surface area (Å²) in [4.78, 5) is 11.4. The molecule has 1 aromatic carbocycles. The summed E-state index contributed by atoms with van der Waals surface area (Å²) in [7, 11) is 0. The van der Waals surface area contributed by atoms with E-state index in [1.807, 2.05) is 0 Å². The summed E-state index contributed by atoms with van der Waals surface area (Å²) in [5.41, 5.74) is 0.759. The number of ether oxygens (including phenoxy) is 1. The highest BCUT2D eigenvalue weighted by molar-refractivity contribution is 9.10. The highest BCUT2D eigenvalue weighted by Gasteiger charge is 2.13. The summed E-state index contributed by atoms with van der Waals surface area (Å²) in [6.45, 7) is 4.39. The van der Waals surface area contributed by atoms with Gasteiger partial charge in [0.15, 0.2) is 0 Å². The van der Waals surface area contributed by atoms with Crippen molar-refractivity contribution in [3.05, 3.63) is 28.5 Å². The Kier molecular flexibility index (Phi) is 5.41. The summed E-state index contributed by atoms with van der Waals surface area (Å²) in [6, 6.07) is 4.62. The van der Waals surface area contributed by atoms with Crippen molar-refractivity contribution in [1.29, 1.82) is 0 Å². The molecule has 1 atom stereocenters. The number of rotatable bonds is 5. The van der Waals surface area contributed by atoms with Gasteiger partial charge in [0.2, 0.25) is 0 Å². The fraction of sp³-hybridized carbons (Fsp3) is 0.417. The zero-order valence-electron chi connectivity index (χ0n) is 9.80. The van der Waals surface area contributed by atoms with Gasteiger partial charge in [0, 0.05) is 12.2 Å². The highest BCUT2D eigenvalue weighted by atomic mass is 79.9. The van der Waals surface area contributed by atoms with Crippen molar-refractivity contribution in [2.24, 2.45) is 5.92 Å². The van der Waals surface area contributed by atoms with Crippen molar-refractivity contribution in [3.63, 3.8) is 0 Å². The summed E-state index contributed by atoms with van der Waals surface area (Å²) in [6.07, 6.45) is 0. The molecule has 0 aromatic heterocycles. The minimum absolute atomic E-state index is 0.235. The fourth-order valence-electron chi connectivity index (χ4n) is 1.24. The van der Waals surface area contributed by atoms with Gasteiger partial charge in [-0.15, -0.1) is 0 Å². The lowest BCUT2D eigenvalue weighted by molar-refractivity contribution is -0.146. The van der Waals surface area contributed by atoms with Gasteiger partial charge in [-0.3, -0.25) is 4.79 Å². The molecule has 1 unspecified atom stereocenters. The molecule has 94 valence electrons. The topological polar surface area (TPSA) is 38.3 Å². The highest BCUT2D eigenvalue weighted by Crippen LogP contribution is 2.20. The maximum absolute atomic E-state index is 13.0. The number of benzene rings is 1. The van der Waals surface area contributed by atoms with Crippen LogP contribution in [0.3, 0.4) is 0 Å². The van der Waals surface area contributed by atoms with Gasteiger partial charge in [-0.25, -0.2) is 4.39 Å². The molecule has 1 aromatic rings. The van der Waals surface area contributed by atoms with Gasteiger partial charge < -0.3 is 10.1 Å². The van der Waals surface area contributed by atoms with Crippen molar-refractivity contribution in [3.8, 4) is 0 Å². The second-order valence-electron chi connectivity index (χ2n) is 3.66. The molecule has 5 heteroatoms. The van der Waals surface area contributed by atoms with Gasteiger partial charge in [0.1, 0.15) is 5.82 Å². The van der Waals surface area contributed by atoms with Crippen LogP contribution < -0.4 is 5.32 Å². The Bertz CT molecular complexity index is 398. The van der Waals surface area contributed by atoms with Crippen LogP contribution in [0.25, 0.3) is 0 Å². The Hall–Kier alpha value is -1.10. The Morgan fingerprint density at radius 2 is 2.29 bits per heavy atom. The quantitative estimate of drug-likeness (QED) is 0.849. The molecule has 0 aliphatic carbocycles. The van der Waals surface area contributed by atoms with Crippen molar-refractivity contribution < 1.29 is 13.9 Å². The van der Waals surface area contributed by atoms with Crippen molar-refractivity contribution in [2.75, 3.05) is 18.5 Å². The largest absolute Gasteiger partial charge is 0.466 e. The van der Waals surface area contributed by atoms with E-state index in [4.69, 9.17) is 4.74 Å². The van der Waals surface area contributed by atoms with E-state index in [1.54, 1.807) is 26.0 Å². The van der Waals surface area contributed by atoms with Gasteiger partial charge in [0.25, 0.3) is 0 Å². The molecule has 0 aliphatic rings. The van der Waals surface area contributed by atoms with Gasteiger partial charge >= 0.3 is 5.97 Å². The van der Waals surface area contributed by atoms with Crippen molar-refractivity contribution in [1.82, 2.24) is 0 Å². The smallest absolute Gasteiger partial charge is 0.310 e. The predicted molar refractivity (Wildman–Crippen MR) is 68.4 cm³/mol. The number of esters is 1. The molecule has 0 heterocycles. The van der Waals surface area contributed by atoms with Crippen LogP contribution in [0.1, 0.15) is 13.8 Å². The Morgan fingerprint density at radius 3 is 2.88 bits per heavy atom. The maximum Gasteiger partial charge on any atom is 0.310 e. The Labute approximate surface area is 108 Å². The zero-order valence-corrected chi connectivity index (χ0v) is 11.4.